The summed E-state index contributed by atoms with van der Waals surface area (Å²) in [6.45, 7) is 11.7. The van der Waals surface area contributed by atoms with E-state index >= 15 is 0 Å². The molecule has 5 aliphatic rings. The highest BCUT2D eigenvalue weighted by molar-refractivity contribution is 6.47. The Kier molecular flexibility index (Phi) is 7.43. The molecule has 7 nitrogen and oxygen atoms in total. The molecular weight excluding hydrogens is 465 g/mol. The first-order valence-corrected chi connectivity index (χ1v) is 14.1. The second-order valence-corrected chi connectivity index (χ2v) is 12.2. The molecule has 0 radical (unpaired) electrons. The Labute approximate surface area is 221 Å². The van der Waals surface area contributed by atoms with Gasteiger partial charge in [-0.05, 0) is 80.8 Å². The van der Waals surface area contributed by atoms with Crippen molar-refractivity contribution in [3.05, 3.63) is 48.6 Å². The van der Waals surface area contributed by atoms with E-state index in [9.17, 15) is 9.59 Å². The number of likely N-dealkylation sites (tertiary alicyclic amines) is 1. The van der Waals surface area contributed by atoms with Crippen molar-refractivity contribution in [2.24, 2.45) is 17.3 Å². The highest BCUT2D eigenvalue weighted by Crippen LogP contribution is 2.65. The van der Waals surface area contributed by atoms with Gasteiger partial charge >= 0.3 is 13.1 Å². The van der Waals surface area contributed by atoms with Gasteiger partial charge in [0.25, 0.3) is 0 Å². The Morgan fingerprint density at radius 3 is 2.73 bits per heavy atom. The molecule has 6 rings (SSSR count). The van der Waals surface area contributed by atoms with E-state index in [0.29, 0.717) is 31.3 Å². The number of hydrogen-bond donors (Lipinski definition) is 2. The van der Waals surface area contributed by atoms with Gasteiger partial charge < -0.3 is 24.8 Å². The van der Waals surface area contributed by atoms with Crippen molar-refractivity contribution in [3.8, 4) is 0 Å². The number of benzene rings is 1. The third-order valence-electron chi connectivity index (χ3n) is 9.78. The summed E-state index contributed by atoms with van der Waals surface area (Å²) in [5.74, 6) is 0.795. The average Bonchev–Trinajstić information content (AvgIpc) is 3.27. The summed E-state index contributed by atoms with van der Waals surface area (Å²) < 4.78 is 13.3. The average molecular weight is 507 g/mol. The molecule has 3 amide bonds. The third-order valence-corrected chi connectivity index (χ3v) is 9.78. The fourth-order valence-electron chi connectivity index (χ4n) is 7.36. The molecule has 2 heterocycles. The van der Waals surface area contributed by atoms with E-state index in [0.717, 1.165) is 32.1 Å². The van der Waals surface area contributed by atoms with Crippen LogP contribution >= 0.6 is 0 Å². The van der Waals surface area contributed by atoms with E-state index in [4.69, 9.17) is 9.31 Å². The SMILES string of the molecule is C=CC(=O)N1CCCC[C@H]1CNC(=O)N[C@@H](CCc1ccccc1)B1O[C@@H]2C[C@@H]3C[C@@H](C3(C)C)[C@]2(C)O1. The van der Waals surface area contributed by atoms with Crippen LogP contribution < -0.4 is 10.6 Å². The Morgan fingerprint density at radius 1 is 1.22 bits per heavy atom. The molecule has 2 saturated heterocycles. The summed E-state index contributed by atoms with van der Waals surface area (Å²) in [4.78, 5) is 27.2. The zero-order chi connectivity index (χ0) is 26.2. The maximum atomic E-state index is 13.1. The zero-order valence-electron chi connectivity index (χ0n) is 22.6. The van der Waals surface area contributed by atoms with Gasteiger partial charge in [0.15, 0.2) is 0 Å². The van der Waals surface area contributed by atoms with Crippen molar-refractivity contribution in [1.82, 2.24) is 15.5 Å². The largest absolute Gasteiger partial charge is 0.481 e. The lowest BCUT2D eigenvalue weighted by Crippen LogP contribution is -2.65. The number of amides is 3. The quantitative estimate of drug-likeness (QED) is 0.410. The molecule has 3 aliphatic carbocycles. The number of carbonyl (C=O) groups is 2. The number of urea groups is 1. The van der Waals surface area contributed by atoms with Gasteiger partial charge in [0.2, 0.25) is 5.91 Å². The number of nitrogens with one attached hydrogen (secondary N) is 2. The minimum atomic E-state index is -0.479. The standard InChI is InChI=1S/C29H42BN3O4/c1-5-26(34)33-16-10-9-13-22(33)19-31-27(35)32-25(15-14-20-11-7-6-8-12-20)30-36-24-18-21-17-23(28(21,2)3)29(24,4)37-30/h5-8,11-12,21-25H,1,9-10,13-19H2,2-4H3,(H2,31,32,35)/t21-,22-,23-,24+,25-,29-/m0/s1. The zero-order valence-corrected chi connectivity index (χ0v) is 22.6. The third kappa shape index (κ3) is 5.07. The van der Waals surface area contributed by atoms with Crippen LogP contribution in [-0.2, 0) is 20.5 Å². The fourth-order valence-corrected chi connectivity index (χ4v) is 7.36. The van der Waals surface area contributed by atoms with Crippen LogP contribution in [0.3, 0.4) is 0 Å². The van der Waals surface area contributed by atoms with Crippen molar-refractivity contribution < 1.29 is 18.9 Å². The Morgan fingerprint density at radius 2 is 2.00 bits per heavy atom. The van der Waals surface area contributed by atoms with Crippen LogP contribution in [-0.4, -0.2) is 60.7 Å². The number of rotatable bonds is 8. The summed E-state index contributed by atoms with van der Waals surface area (Å²) in [6.07, 6.45) is 8.09. The molecule has 0 spiro atoms. The molecule has 0 unspecified atom stereocenters. The van der Waals surface area contributed by atoms with Crippen LogP contribution in [0.1, 0.15) is 64.9 Å². The first-order chi connectivity index (χ1) is 17.7. The molecule has 1 aromatic carbocycles. The molecule has 6 atom stereocenters. The van der Waals surface area contributed by atoms with E-state index in [1.165, 1.54) is 18.1 Å². The molecule has 5 fully saturated rings. The minimum absolute atomic E-state index is 0.0115. The van der Waals surface area contributed by atoms with Crippen LogP contribution in [0.2, 0.25) is 0 Å². The Hall–Kier alpha value is -2.32. The molecule has 2 bridgehead atoms. The predicted octanol–water partition coefficient (Wildman–Crippen LogP) is 4.12. The fraction of sp³-hybridized carbons (Fsp3) is 0.655. The lowest BCUT2D eigenvalue weighted by molar-refractivity contribution is -0.199. The molecule has 200 valence electrons. The Bertz CT molecular complexity index is 1000. The lowest BCUT2D eigenvalue weighted by atomic mass is 9.43. The van der Waals surface area contributed by atoms with E-state index in [2.05, 4.69) is 50.1 Å². The van der Waals surface area contributed by atoms with E-state index in [1.54, 1.807) is 0 Å². The van der Waals surface area contributed by atoms with Crippen molar-refractivity contribution >= 4 is 19.1 Å². The minimum Gasteiger partial charge on any atom is -0.404 e. The summed E-state index contributed by atoms with van der Waals surface area (Å²) in [5, 5.41) is 6.21. The topological polar surface area (TPSA) is 79.9 Å². The van der Waals surface area contributed by atoms with E-state index in [-0.39, 0.29) is 41.0 Å². The number of nitrogens with zero attached hydrogens (tertiary/aromatic N) is 1. The van der Waals surface area contributed by atoms with Gasteiger partial charge in [-0.2, -0.15) is 0 Å². The van der Waals surface area contributed by atoms with Crippen LogP contribution in [0.25, 0.3) is 0 Å². The van der Waals surface area contributed by atoms with Gasteiger partial charge in [-0.1, -0.05) is 50.8 Å². The monoisotopic (exact) mass is 507 g/mol. The van der Waals surface area contributed by atoms with Crippen molar-refractivity contribution in [2.75, 3.05) is 13.1 Å². The molecule has 1 aromatic rings. The first kappa shape index (κ1) is 26.3. The molecule has 37 heavy (non-hydrogen) atoms. The summed E-state index contributed by atoms with van der Waals surface area (Å²) in [6, 6.07) is 10.1. The van der Waals surface area contributed by atoms with Crippen molar-refractivity contribution in [2.45, 2.75) is 89.4 Å². The maximum Gasteiger partial charge on any atom is 0.481 e. The molecular formula is C29H42BN3O4. The maximum absolute atomic E-state index is 13.1. The normalized spacial score (nSPS) is 32.6. The molecule has 0 aromatic heterocycles. The smallest absolute Gasteiger partial charge is 0.404 e. The molecule has 2 aliphatic heterocycles. The number of carbonyl (C=O) groups excluding carboxylic acids is 2. The van der Waals surface area contributed by atoms with Gasteiger partial charge in [0.05, 0.1) is 17.6 Å². The molecule has 3 saturated carbocycles. The molecule has 2 N–H and O–H groups in total. The molecule has 8 heteroatoms. The van der Waals surface area contributed by atoms with Crippen LogP contribution in [0.4, 0.5) is 4.79 Å². The van der Waals surface area contributed by atoms with Crippen molar-refractivity contribution in [1.29, 1.82) is 0 Å². The van der Waals surface area contributed by atoms with E-state index in [1.807, 2.05) is 23.1 Å². The van der Waals surface area contributed by atoms with Crippen LogP contribution in [0, 0.1) is 17.3 Å². The second kappa shape index (κ2) is 10.4. The first-order valence-electron chi connectivity index (χ1n) is 14.1. The van der Waals surface area contributed by atoms with Gasteiger partial charge in [-0.15, -0.1) is 0 Å². The second-order valence-electron chi connectivity index (χ2n) is 12.2. The highest BCUT2D eigenvalue weighted by atomic mass is 16.7. The van der Waals surface area contributed by atoms with Crippen molar-refractivity contribution in [3.63, 3.8) is 0 Å². The van der Waals surface area contributed by atoms with Crippen LogP contribution in [0.5, 0.6) is 0 Å². The Balaban J connectivity index is 1.24. The summed E-state index contributed by atoms with van der Waals surface area (Å²) in [7, 11) is -0.479. The van der Waals surface area contributed by atoms with Gasteiger partial charge in [-0.3, -0.25) is 4.79 Å². The van der Waals surface area contributed by atoms with Gasteiger partial charge in [0.1, 0.15) is 0 Å². The lowest BCUT2D eigenvalue weighted by Gasteiger charge is -2.64. The van der Waals surface area contributed by atoms with E-state index < -0.39 is 7.12 Å². The number of hydrogen-bond acceptors (Lipinski definition) is 4. The number of piperidine rings is 1. The predicted molar refractivity (Wildman–Crippen MR) is 145 cm³/mol. The summed E-state index contributed by atoms with van der Waals surface area (Å²) >= 11 is 0. The van der Waals surface area contributed by atoms with Crippen LogP contribution in [0.15, 0.2) is 43.0 Å². The summed E-state index contributed by atoms with van der Waals surface area (Å²) in [5.41, 5.74) is 1.17. The highest BCUT2D eigenvalue weighted by Gasteiger charge is 2.68. The van der Waals surface area contributed by atoms with Gasteiger partial charge in [-0.25, -0.2) is 4.79 Å². The number of aryl methyl sites for hydroxylation is 1. The van der Waals surface area contributed by atoms with Gasteiger partial charge in [0, 0.05) is 19.1 Å².